The number of rotatable bonds is 5. The highest BCUT2D eigenvalue weighted by atomic mass is 35.5. The number of anilines is 1. The van der Waals surface area contributed by atoms with Crippen molar-refractivity contribution in [2.24, 2.45) is 5.14 Å². The Morgan fingerprint density at radius 2 is 1.64 bits per heavy atom. The van der Waals surface area contributed by atoms with E-state index in [1.54, 1.807) is 0 Å². The van der Waals surface area contributed by atoms with E-state index in [-0.39, 0.29) is 9.39 Å². The molecule has 0 aromatic heterocycles. The van der Waals surface area contributed by atoms with E-state index >= 15 is 0 Å². The molecule has 0 aliphatic heterocycles. The number of halogens is 2. The monoisotopic (exact) mass is 392 g/mol. The number of benzene rings is 1. The molecule has 22 heavy (non-hydrogen) atoms. The van der Waals surface area contributed by atoms with Gasteiger partial charge >= 0.3 is 7.82 Å². The number of nitrogens with two attached hydrogens (primary N) is 2. The maximum absolute atomic E-state index is 11.0. The van der Waals surface area contributed by atoms with E-state index in [0.29, 0.717) is 5.69 Å². The molecule has 126 valence electrons. The van der Waals surface area contributed by atoms with E-state index < -0.39 is 17.8 Å². The van der Waals surface area contributed by atoms with Crippen molar-refractivity contribution in [2.75, 3.05) is 20.0 Å². The SMILES string of the molecule is COP(=O)(OC)OC=C(Cl)Cl.Nc1ccc(S(N)(=O)=O)cc1. The van der Waals surface area contributed by atoms with Crippen LogP contribution in [0.25, 0.3) is 0 Å². The van der Waals surface area contributed by atoms with Gasteiger partial charge in [0.2, 0.25) is 10.0 Å². The van der Waals surface area contributed by atoms with Gasteiger partial charge in [0.25, 0.3) is 0 Å². The van der Waals surface area contributed by atoms with Crippen molar-refractivity contribution in [2.45, 2.75) is 4.90 Å². The third kappa shape index (κ3) is 8.60. The van der Waals surface area contributed by atoms with Crippen LogP contribution in [-0.4, -0.2) is 22.6 Å². The molecule has 0 aliphatic carbocycles. The van der Waals surface area contributed by atoms with Crippen molar-refractivity contribution in [1.82, 2.24) is 0 Å². The van der Waals surface area contributed by atoms with Crippen LogP contribution < -0.4 is 10.9 Å². The standard InChI is InChI=1S/C6H8N2O2S.C4H7Cl2O4P/c7-5-1-3-6(4-2-5)11(8,9)10;1-8-11(7,9-2)10-3-4(5)6/h1-4H,7H2,(H2,8,9,10);3H,1-2H3. The van der Waals surface area contributed by atoms with Gasteiger partial charge in [0.15, 0.2) is 0 Å². The molecule has 0 bridgehead atoms. The first kappa shape index (κ1) is 21.2. The number of hydrogen-bond acceptors (Lipinski definition) is 7. The molecule has 0 fully saturated rings. The largest absolute Gasteiger partial charge is 0.529 e. The highest BCUT2D eigenvalue weighted by Gasteiger charge is 2.22. The van der Waals surface area contributed by atoms with Crippen molar-refractivity contribution in [3.8, 4) is 0 Å². The second kappa shape index (κ2) is 9.36. The fraction of sp³-hybridized carbons (Fsp3) is 0.200. The molecular formula is C10H15Cl2N2O6PS. The molecule has 0 unspecified atom stereocenters. The van der Waals surface area contributed by atoms with E-state index in [1.165, 1.54) is 38.5 Å². The maximum Gasteiger partial charge on any atom is 0.529 e. The number of phosphoric acid groups is 1. The summed E-state index contributed by atoms with van der Waals surface area (Å²) in [6, 6.07) is 5.70. The summed E-state index contributed by atoms with van der Waals surface area (Å²) in [6.07, 6.45) is 0.872. The van der Waals surface area contributed by atoms with Gasteiger partial charge in [-0.05, 0) is 24.3 Å². The van der Waals surface area contributed by atoms with Gasteiger partial charge in [0, 0.05) is 19.9 Å². The summed E-state index contributed by atoms with van der Waals surface area (Å²) in [5, 5.41) is 4.84. The first-order valence-corrected chi connectivity index (χ1v) is 9.10. The molecule has 0 amide bonds. The Morgan fingerprint density at radius 3 is 1.95 bits per heavy atom. The second-order valence-corrected chi connectivity index (χ2v) is 7.84. The molecule has 0 radical (unpaired) electrons. The summed E-state index contributed by atoms with van der Waals surface area (Å²) >= 11 is 10.3. The molecule has 0 heterocycles. The summed E-state index contributed by atoms with van der Waals surface area (Å²) in [4.78, 5) is 0.0756. The lowest BCUT2D eigenvalue weighted by Crippen LogP contribution is -2.11. The lowest BCUT2D eigenvalue weighted by atomic mass is 10.3. The Balaban J connectivity index is 0.000000401. The van der Waals surface area contributed by atoms with Crippen LogP contribution in [0.1, 0.15) is 0 Å². The van der Waals surface area contributed by atoms with Crippen molar-refractivity contribution < 1.29 is 26.6 Å². The summed E-state index contributed by atoms with van der Waals surface area (Å²) in [7, 11) is -4.69. The van der Waals surface area contributed by atoms with Gasteiger partial charge in [-0.2, -0.15) is 0 Å². The van der Waals surface area contributed by atoms with Gasteiger partial charge < -0.3 is 10.3 Å². The topological polar surface area (TPSA) is 131 Å². The Morgan fingerprint density at radius 1 is 1.18 bits per heavy atom. The van der Waals surface area contributed by atoms with Crippen LogP contribution in [-0.2, 0) is 28.2 Å². The summed E-state index contributed by atoms with van der Waals surface area (Å²) in [5.74, 6) is 0. The predicted molar refractivity (Wildman–Crippen MR) is 84.7 cm³/mol. The Hall–Kier alpha value is -0.800. The number of hydrogen-bond donors (Lipinski definition) is 2. The van der Waals surface area contributed by atoms with E-state index in [4.69, 9.17) is 34.1 Å². The van der Waals surface area contributed by atoms with E-state index in [0.717, 1.165) is 6.26 Å². The lowest BCUT2D eigenvalue weighted by Gasteiger charge is -2.10. The summed E-state index contributed by atoms with van der Waals surface area (Å²) in [5.41, 5.74) is 5.85. The average Bonchev–Trinajstić information content (AvgIpc) is 2.45. The molecular weight excluding hydrogens is 378 g/mol. The number of primary sulfonamides is 1. The molecule has 0 saturated heterocycles. The van der Waals surface area contributed by atoms with Gasteiger partial charge in [0.05, 0.1) is 4.90 Å². The van der Waals surface area contributed by atoms with Gasteiger partial charge in [-0.3, -0.25) is 9.05 Å². The predicted octanol–water partition coefficient (Wildman–Crippen LogP) is 2.60. The van der Waals surface area contributed by atoms with E-state index in [2.05, 4.69) is 13.6 Å². The Labute approximate surface area is 138 Å². The van der Waals surface area contributed by atoms with Gasteiger partial charge in [-0.15, -0.1) is 0 Å². The van der Waals surface area contributed by atoms with Crippen LogP contribution in [0.5, 0.6) is 0 Å². The highest BCUT2D eigenvalue weighted by Crippen LogP contribution is 2.48. The van der Waals surface area contributed by atoms with E-state index in [9.17, 15) is 13.0 Å². The fourth-order valence-electron chi connectivity index (χ4n) is 0.922. The third-order valence-electron chi connectivity index (χ3n) is 1.93. The van der Waals surface area contributed by atoms with Crippen molar-refractivity contribution in [3.63, 3.8) is 0 Å². The zero-order chi connectivity index (χ0) is 17.4. The van der Waals surface area contributed by atoms with Crippen LogP contribution >= 0.6 is 31.0 Å². The van der Waals surface area contributed by atoms with Crippen LogP contribution in [0.4, 0.5) is 5.69 Å². The normalized spacial score (nSPS) is 11.1. The smallest absolute Gasteiger partial charge is 0.409 e. The maximum atomic E-state index is 11.0. The Bertz CT molecular complexity index is 638. The van der Waals surface area contributed by atoms with Gasteiger partial charge in [0.1, 0.15) is 10.8 Å². The zero-order valence-corrected chi connectivity index (χ0v) is 14.8. The molecule has 0 atom stereocenters. The quantitative estimate of drug-likeness (QED) is 0.447. The minimum atomic E-state index is -3.58. The zero-order valence-electron chi connectivity index (χ0n) is 11.6. The number of nitrogen functional groups attached to an aromatic ring is 1. The van der Waals surface area contributed by atoms with Crippen LogP contribution in [0.3, 0.4) is 0 Å². The second-order valence-electron chi connectivity index (χ2n) is 3.44. The summed E-state index contributed by atoms with van der Waals surface area (Å²) in [6.45, 7) is 0. The lowest BCUT2D eigenvalue weighted by molar-refractivity contribution is 0.194. The molecule has 1 aromatic rings. The number of phosphoric ester groups is 1. The molecule has 12 heteroatoms. The summed E-state index contributed by atoms with van der Waals surface area (Å²) < 4.78 is 45.5. The average molecular weight is 393 g/mol. The van der Waals surface area contributed by atoms with Crippen LogP contribution in [0.2, 0.25) is 0 Å². The molecule has 0 aliphatic rings. The fourth-order valence-corrected chi connectivity index (χ4v) is 2.21. The first-order chi connectivity index (χ1) is 10.0. The molecule has 1 rings (SSSR count). The van der Waals surface area contributed by atoms with Gasteiger partial charge in [-0.1, -0.05) is 23.2 Å². The molecule has 1 aromatic carbocycles. The van der Waals surface area contributed by atoms with Crippen LogP contribution in [0, 0.1) is 0 Å². The van der Waals surface area contributed by atoms with Crippen molar-refractivity contribution in [1.29, 1.82) is 0 Å². The first-order valence-electron chi connectivity index (χ1n) is 5.33. The minimum Gasteiger partial charge on any atom is -0.409 e. The molecule has 0 spiro atoms. The van der Waals surface area contributed by atoms with Crippen molar-refractivity contribution >= 4 is 46.7 Å². The number of sulfonamides is 1. The highest BCUT2D eigenvalue weighted by molar-refractivity contribution is 7.89. The minimum absolute atomic E-state index is 0.0756. The Kier molecular flexibility index (Phi) is 9.02. The third-order valence-corrected chi connectivity index (χ3v) is 4.29. The van der Waals surface area contributed by atoms with Crippen LogP contribution in [0.15, 0.2) is 39.9 Å². The van der Waals surface area contributed by atoms with Crippen molar-refractivity contribution in [3.05, 3.63) is 35.0 Å². The molecule has 4 N–H and O–H groups in total. The molecule has 0 saturated carbocycles. The molecule has 8 nitrogen and oxygen atoms in total. The van der Waals surface area contributed by atoms with E-state index in [1.807, 2.05) is 0 Å². The van der Waals surface area contributed by atoms with Gasteiger partial charge in [-0.25, -0.2) is 18.1 Å².